The fourth-order valence-electron chi connectivity index (χ4n) is 3.63. The summed E-state index contributed by atoms with van der Waals surface area (Å²) < 4.78 is 6.29. The van der Waals surface area contributed by atoms with Crippen LogP contribution in [-0.4, -0.2) is 21.5 Å². The van der Waals surface area contributed by atoms with Crippen LogP contribution in [0.25, 0.3) is 11.3 Å². The van der Waals surface area contributed by atoms with Crippen LogP contribution in [0, 0.1) is 0 Å². The lowest BCUT2D eigenvalue weighted by molar-refractivity contribution is 0.271. The normalized spacial score (nSPS) is 18.9. The maximum atomic E-state index is 6.38. The molecule has 4 rings (SSSR count). The molecular weight excluding hydrogens is 425 g/mol. The minimum atomic E-state index is -0.0831. The van der Waals surface area contributed by atoms with E-state index in [-0.39, 0.29) is 12.1 Å². The maximum Gasteiger partial charge on any atom is 0.170 e. The topological polar surface area (TPSA) is 41.3 Å². The Labute approximate surface area is 185 Å². The molecule has 4 nitrogen and oxygen atoms in total. The highest BCUT2D eigenvalue weighted by molar-refractivity contribution is 7.80. The molecule has 3 aromatic rings. The lowest BCUT2D eigenvalue weighted by Crippen LogP contribution is -2.30. The van der Waals surface area contributed by atoms with Crippen LogP contribution in [0.4, 0.5) is 0 Å². The SMILES string of the molecule is CCCCN1C(=S)N[C@@H](c2ccccn2)[C@H]1c1ccc(-c2ccc(Cl)cc2Cl)o1. The van der Waals surface area contributed by atoms with E-state index in [2.05, 4.69) is 22.1 Å². The second kappa shape index (κ2) is 8.74. The molecule has 1 N–H and O–H groups in total. The Balaban J connectivity index is 1.72. The first kappa shape index (κ1) is 20.2. The van der Waals surface area contributed by atoms with E-state index in [0.29, 0.717) is 15.8 Å². The van der Waals surface area contributed by atoms with Gasteiger partial charge in [0.2, 0.25) is 0 Å². The third-order valence-electron chi connectivity index (χ3n) is 5.07. The van der Waals surface area contributed by atoms with Gasteiger partial charge in [-0.15, -0.1) is 0 Å². The van der Waals surface area contributed by atoms with Crippen molar-refractivity contribution in [1.82, 2.24) is 15.2 Å². The predicted molar refractivity (Wildman–Crippen MR) is 121 cm³/mol. The van der Waals surface area contributed by atoms with Crippen molar-refractivity contribution in [3.8, 4) is 11.3 Å². The van der Waals surface area contributed by atoms with Gasteiger partial charge in [0, 0.05) is 23.3 Å². The third-order valence-corrected chi connectivity index (χ3v) is 5.97. The second-order valence-electron chi connectivity index (χ2n) is 7.00. The molecule has 2 aromatic heterocycles. The minimum absolute atomic E-state index is 0.0798. The first-order valence-electron chi connectivity index (χ1n) is 9.61. The maximum absolute atomic E-state index is 6.38. The molecule has 1 aliphatic heterocycles. The number of hydrogen-bond donors (Lipinski definition) is 1. The van der Waals surface area contributed by atoms with Crippen LogP contribution in [0.15, 0.2) is 59.1 Å². The zero-order valence-electron chi connectivity index (χ0n) is 15.9. The molecule has 1 aromatic carbocycles. The number of nitrogens with one attached hydrogen (secondary N) is 1. The summed E-state index contributed by atoms with van der Waals surface area (Å²) in [7, 11) is 0. The van der Waals surface area contributed by atoms with Crippen LogP contribution in [0.1, 0.15) is 43.3 Å². The number of hydrogen-bond acceptors (Lipinski definition) is 3. The highest BCUT2D eigenvalue weighted by atomic mass is 35.5. The van der Waals surface area contributed by atoms with E-state index >= 15 is 0 Å². The molecule has 1 fully saturated rings. The molecule has 0 radical (unpaired) electrons. The largest absolute Gasteiger partial charge is 0.459 e. The number of pyridine rings is 1. The average Bonchev–Trinajstić information content (AvgIpc) is 3.31. The van der Waals surface area contributed by atoms with Gasteiger partial charge in [-0.25, -0.2) is 0 Å². The van der Waals surface area contributed by atoms with E-state index in [9.17, 15) is 0 Å². The standard InChI is InChI=1S/C22H21Cl2N3OS/c1-2-3-12-27-21(20(26-22(27)29)17-6-4-5-11-25-17)19-10-9-18(28-19)15-8-7-14(23)13-16(15)24/h4-11,13,20-21H,2-3,12H2,1H3,(H,26,29)/t20-,21+/m0/s1. The van der Waals surface area contributed by atoms with E-state index in [4.69, 9.17) is 39.8 Å². The molecule has 0 bridgehead atoms. The van der Waals surface area contributed by atoms with Gasteiger partial charge in [0.15, 0.2) is 5.11 Å². The molecule has 1 saturated heterocycles. The summed E-state index contributed by atoms with van der Waals surface area (Å²) in [5, 5.41) is 5.31. The highest BCUT2D eigenvalue weighted by Gasteiger charge is 2.41. The van der Waals surface area contributed by atoms with Gasteiger partial charge in [0.05, 0.1) is 16.8 Å². The zero-order valence-corrected chi connectivity index (χ0v) is 18.3. The molecule has 7 heteroatoms. The number of nitrogens with zero attached hydrogens (tertiary/aromatic N) is 2. The van der Waals surface area contributed by atoms with Crippen molar-refractivity contribution >= 4 is 40.5 Å². The number of unbranched alkanes of at least 4 members (excludes halogenated alkanes) is 1. The summed E-state index contributed by atoms with van der Waals surface area (Å²) in [5.74, 6) is 1.53. The van der Waals surface area contributed by atoms with Crippen molar-refractivity contribution in [2.24, 2.45) is 0 Å². The summed E-state index contributed by atoms with van der Waals surface area (Å²) in [6, 6.07) is 15.1. The molecule has 0 spiro atoms. The van der Waals surface area contributed by atoms with Gasteiger partial charge in [0.25, 0.3) is 0 Å². The molecule has 0 unspecified atom stereocenters. The van der Waals surface area contributed by atoms with Crippen LogP contribution in [0.2, 0.25) is 10.0 Å². The van der Waals surface area contributed by atoms with Gasteiger partial charge in [-0.2, -0.15) is 0 Å². The molecule has 3 heterocycles. The molecular formula is C22H21Cl2N3OS. The molecule has 29 heavy (non-hydrogen) atoms. The monoisotopic (exact) mass is 445 g/mol. The Morgan fingerprint density at radius 1 is 1.17 bits per heavy atom. The van der Waals surface area contributed by atoms with Crippen LogP contribution in [0.3, 0.4) is 0 Å². The van der Waals surface area contributed by atoms with E-state index in [1.807, 2.05) is 42.5 Å². The molecule has 0 saturated carbocycles. The van der Waals surface area contributed by atoms with Gasteiger partial charge in [-0.3, -0.25) is 4.98 Å². The fourth-order valence-corrected chi connectivity index (χ4v) is 4.46. The lowest BCUT2D eigenvalue weighted by Gasteiger charge is -2.25. The van der Waals surface area contributed by atoms with Crippen molar-refractivity contribution in [2.45, 2.75) is 31.8 Å². The summed E-state index contributed by atoms with van der Waals surface area (Å²) in [4.78, 5) is 6.75. The van der Waals surface area contributed by atoms with Gasteiger partial charge >= 0.3 is 0 Å². The number of benzene rings is 1. The smallest absolute Gasteiger partial charge is 0.170 e. The first-order chi connectivity index (χ1) is 14.1. The van der Waals surface area contributed by atoms with Crippen molar-refractivity contribution in [1.29, 1.82) is 0 Å². The number of aromatic nitrogens is 1. The Bertz CT molecular complexity index is 1010. The fraction of sp³-hybridized carbons (Fsp3) is 0.273. The van der Waals surface area contributed by atoms with E-state index in [1.54, 1.807) is 12.3 Å². The van der Waals surface area contributed by atoms with E-state index in [0.717, 1.165) is 41.5 Å². The second-order valence-corrected chi connectivity index (χ2v) is 8.23. The molecule has 1 aliphatic rings. The van der Waals surface area contributed by atoms with Crippen LogP contribution in [-0.2, 0) is 0 Å². The van der Waals surface area contributed by atoms with Gasteiger partial charge in [-0.1, -0.05) is 42.6 Å². The van der Waals surface area contributed by atoms with E-state index in [1.165, 1.54) is 0 Å². The minimum Gasteiger partial charge on any atom is -0.459 e. The zero-order chi connectivity index (χ0) is 20.4. The lowest BCUT2D eigenvalue weighted by atomic mass is 10.0. The predicted octanol–water partition coefficient (Wildman–Crippen LogP) is 6.42. The van der Waals surface area contributed by atoms with Crippen molar-refractivity contribution in [3.63, 3.8) is 0 Å². The summed E-state index contributed by atoms with van der Waals surface area (Å²) in [5.41, 5.74) is 1.74. The Morgan fingerprint density at radius 2 is 2.03 bits per heavy atom. The Kier molecular flexibility index (Phi) is 6.09. The number of halogens is 2. The van der Waals surface area contributed by atoms with Gasteiger partial charge < -0.3 is 14.6 Å². The average molecular weight is 446 g/mol. The summed E-state index contributed by atoms with van der Waals surface area (Å²) >= 11 is 18.1. The summed E-state index contributed by atoms with van der Waals surface area (Å²) in [6.07, 6.45) is 3.93. The molecule has 0 aliphatic carbocycles. The first-order valence-corrected chi connectivity index (χ1v) is 10.8. The van der Waals surface area contributed by atoms with Crippen LogP contribution >= 0.6 is 35.4 Å². The number of furan rings is 1. The van der Waals surface area contributed by atoms with Crippen LogP contribution in [0.5, 0.6) is 0 Å². The molecule has 150 valence electrons. The molecule has 2 atom stereocenters. The number of rotatable bonds is 6. The number of thiocarbonyl (C=S) groups is 1. The highest BCUT2D eigenvalue weighted by Crippen LogP contribution is 2.41. The third kappa shape index (κ3) is 4.13. The van der Waals surface area contributed by atoms with Crippen molar-refractivity contribution < 1.29 is 4.42 Å². The van der Waals surface area contributed by atoms with Gasteiger partial charge in [0.1, 0.15) is 17.6 Å². The van der Waals surface area contributed by atoms with Gasteiger partial charge in [-0.05, 0) is 61.1 Å². The Morgan fingerprint density at radius 3 is 2.76 bits per heavy atom. The molecule has 0 amide bonds. The van der Waals surface area contributed by atoms with Crippen LogP contribution < -0.4 is 5.32 Å². The Hall–Kier alpha value is -2.08. The summed E-state index contributed by atoms with van der Waals surface area (Å²) in [6.45, 7) is 3.03. The van der Waals surface area contributed by atoms with Crippen molar-refractivity contribution in [3.05, 3.63) is 76.2 Å². The van der Waals surface area contributed by atoms with Crippen molar-refractivity contribution in [2.75, 3.05) is 6.54 Å². The quantitative estimate of drug-likeness (QED) is 0.443. The van der Waals surface area contributed by atoms with E-state index < -0.39 is 0 Å².